The number of hydrogen-bond donors (Lipinski definition) is 1. The number of benzene rings is 1. The second-order valence-corrected chi connectivity index (χ2v) is 8.83. The summed E-state index contributed by atoms with van der Waals surface area (Å²) in [4.78, 5) is 41.5. The number of carbonyl (C=O) groups is 3. The van der Waals surface area contributed by atoms with Crippen LogP contribution in [0.5, 0.6) is 0 Å². The first-order chi connectivity index (χ1) is 13.8. The van der Waals surface area contributed by atoms with Gasteiger partial charge in [0.15, 0.2) is 0 Å². The molecule has 2 aromatic rings. The van der Waals surface area contributed by atoms with Crippen molar-refractivity contribution in [1.29, 1.82) is 0 Å². The number of rotatable bonds is 5. The van der Waals surface area contributed by atoms with E-state index in [0.29, 0.717) is 29.2 Å². The molecule has 1 N–H and O–H groups in total. The Hall–Kier alpha value is -2.81. The molecule has 9 heteroatoms. The maximum atomic E-state index is 13.2. The molecule has 0 saturated carbocycles. The van der Waals surface area contributed by atoms with E-state index in [0.717, 1.165) is 5.01 Å². The molecule has 1 saturated heterocycles. The Balaban J connectivity index is 1.51. The molecular weight excluding hydrogens is 390 g/mol. The van der Waals surface area contributed by atoms with Gasteiger partial charge in [-0.25, -0.2) is 0 Å². The fourth-order valence-corrected chi connectivity index (χ4v) is 4.72. The molecule has 1 aromatic heterocycles. The Morgan fingerprint density at radius 1 is 1.28 bits per heavy atom. The molecule has 0 unspecified atom stereocenters. The average Bonchev–Trinajstić information content (AvgIpc) is 3.26. The van der Waals surface area contributed by atoms with E-state index in [1.807, 2.05) is 26.8 Å². The van der Waals surface area contributed by atoms with Crippen molar-refractivity contribution in [3.05, 3.63) is 34.8 Å². The highest BCUT2D eigenvalue weighted by molar-refractivity contribution is 7.15. The summed E-state index contributed by atoms with van der Waals surface area (Å²) in [6.45, 7) is 6.14. The predicted octanol–water partition coefficient (Wildman–Crippen LogP) is 2.99. The van der Waals surface area contributed by atoms with E-state index in [2.05, 4.69) is 15.5 Å². The Bertz CT molecular complexity index is 988. The van der Waals surface area contributed by atoms with Crippen LogP contribution in [0.25, 0.3) is 0 Å². The zero-order valence-corrected chi connectivity index (χ0v) is 17.5. The van der Waals surface area contributed by atoms with E-state index in [-0.39, 0.29) is 36.6 Å². The number of anilines is 2. The zero-order chi connectivity index (χ0) is 20.8. The third-order valence-electron chi connectivity index (χ3n) is 5.49. The number of carbonyl (C=O) groups excluding carboxylic acids is 3. The molecule has 4 rings (SSSR count). The fourth-order valence-electron chi connectivity index (χ4n) is 3.96. The maximum absolute atomic E-state index is 13.2. The van der Waals surface area contributed by atoms with Gasteiger partial charge in [0.25, 0.3) is 5.91 Å². The summed E-state index contributed by atoms with van der Waals surface area (Å²) in [5, 5.41) is 12.1. The van der Waals surface area contributed by atoms with Gasteiger partial charge in [0.2, 0.25) is 16.9 Å². The van der Waals surface area contributed by atoms with E-state index < -0.39 is 5.66 Å². The van der Waals surface area contributed by atoms with Crippen LogP contribution in [0.1, 0.15) is 61.3 Å². The number of nitrogens with one attached hydrogen (secondary N) is 1. The molecule has 0 radical (unpaired) electrons. The van der Waals surface area contributed by atoms with Crippen LogP contribution >= 0.6 is 11.3 Å². The van der Waals surface area contributed by atoms with Crippen LogP contribution in [-0.4, -0.2) is 45.0 Å². The normalized spacial score (nSPS) is 20.8. The van der Waals surface area contributed by atoms with Crippen molar-refractivity contribution in [3.8, 4) is 0 Å². The van der Waals surface area contributed by atoms with E-state index >= 15 is 0 Å². The Kier molecular flexibility index (Phi) is 4.85. The summed E-state index contributed by atoms with van der Waals surface area (Å²) in [6.07, 6.45) is 1.04. The summed E-state index contributed by atoms with van der Waals surface area (Å²) in [6, 6.07) is 7.15. The largest absolute Gasteiger partial charge is 0.315 e. The second-order valence-electron chi connectivity index (χ2n) is 7.82. The molecule has 2 aliphatic rings. The molecule has 1 aromatic carbocycles. The number of hydrogen-bond acceptors (Lipinski definition) is 6. The minimum absolute atomic E-state index is 0.00280. The van der Waals surface area contributed by atoms with Crippen molar-refractivity contribution in [3.63, 3.8) is 0 Å². The number of fused-ring (bicyclic) bond motifs is 3. The fraction of sp³-hybridized carbons (Fsp3) is 0.450. The van der Waals surface area contributed by atoms with Gasteiger partial charge in [-0.1, -0.05) is 37.3 Å². The SMILES string of the molecule is CC(C)c1nnc(NC(=O)CCN2C(=O)c3ccccc3N3C(=O)CC[C@@]23C)s1. The number of aromatic nitrogens is 2. The van der Waals surface area contributed by atoms with Gasteiger partial charge in [0, 0.05) is 25.3 Å². The first kappa shape index (κ1) is 19.5. The first-order valence-corrected chi connectivity index (χ1v) is 10.5. The highest BCUT2D eigenvalue weighted by Crippen LogP contribution is 2.43. The van der Waals surface area contributed by atoms with Crippen molar-refractivity contribution in [2.24, 2.45) is 0 Å². The van der Waals surface area contributed by atoms with Crippen molar-refractivity contribution in [1.82, 2.24) is 15.1 Å². The molecule has 0 spiro atoms. The second kappa shape index (κ2) is 7.22. The molecule has 1 atom stereocenters. The molecule has 3 heterocycles. The summed E-state index contributed by atoms with van der Waals surface area (Å²) in [5.74, 6) is -0.144. The molecule has 1 fully saturated rings. The van der Waals surface area contributed by atoms with Gasteiger partial charge in [-0.3, -0.25) is 19.3 Å². The van der Waals surface area contributed by atoms with Crippen LogP contribution in [0.2, 0.25) is 0 Å². The highest BCUT2D eigenvalue weighted by Gasteiger charge is 2.52. The molecule has 0 aliphatic carbocycles. The molecular formula is C20H23N5O3S. The van der Waals surface area contributed by atoms with Crippen molar-refractivity contribution >= 4 is 39.9 Å². The number of para-hydroxylation sites is 1. The average molecular weight is 414 g/mol. The lowest BCUT2D eigenvalue weighted by Crippen LogP contribution is -2.62. The van der Waals surface area contributed by atoms with Gasteiger partial charge < -0.3 is 10.2 Å². The van der Waals surface area contributed by atoms with E-state index in [1.165, 1.54) is 11.3 Å². The molecule has 0 bridgehead atoms. The van der Waals surface area contributed by atoms with E-state index in [1.54, 1.807) is 28.0 Å². The standard InChI is InChI=1S/C20H23N5O3S/c1-12(2)17-22-23-19(29-17)21-15(26)9-11-24-18(28)13-6-4-5-7-14(13)25-16(27)8-10-20(24,25)3/h4-7,12H,8-11H2,1-3H3,(H,21,23,26)/t20-/m0/s1. The highest BCUT2D eigenvalue weighted by atomic mass is 32.1. The van der Waals surface area contributed by atoms with Gasteiger partial charge in [-0.2, -0.15) is 0 Å². The van der Waals surface area contributed by atoms with Gasteiger partial charge >= 0.3 is 0 Å². The minimum Gasteiger partial charge on any atom is -0.315 e. The minimum atomic E-state index is -0.754. The van der Waals surface area contributed by atoms with E-state index in [4.69, 9.17) is 0 Å². The summed E-state index contributed by atoms with van der Waals surface area (Å²) in [7, 11) is 0. The lowest BCUT2D eigenvalue weighted by atomic mass is 9.98. The van der Waals surface area contributed by atoms with Crippen molar-refractivity contribution in [2.75, 3.05) is 16.8 Å². The summed E-state index contributed by atoms with van der Waals surface area (Å²) < 4.78 is 0. The molecule has 152 valence electrons. The molecule has 2 aliphatic heterocycles. The number of amides is 3. The smallest absolute Gasteiger partial charge is 0.257 e. The van der Waals surface area contributed by atoms with Gasteiger partial charge in [0.1, 0.15) is 10.7 Å². The Morgan fingerprint density at radius 3 is 2.76 bits per heavy atom. The third-order valence-corrected chi connectivity index (χ3v) is 6.63. The lowest BCUT2D eigenvalue weighted by Gasteiger charge is -2.48. The molecule has 29 heavy (non-hydrogen) atoms. The first-order valence-electron chi connectivity index (χ1n) is 9.68. The van der Waals surface area contributed by atoms with Gasteiger partial charge in [-0.05, 0) is 25.5 Å². The quantitative estimate of drug-likeness (QED) is 0.813. The van der Waals surface area contributed by atoms with Crippen LogP contribution in [0.3, 0.4) is 0 Å². The topological polar surface area (TPSA) is 95.5 Å². The van der Waals surface area contributed by atoms with Gasteiger partial charge in [0.05, 0.1) is 11.3 Å². The maximum Gasteiger partial charge on any atom is 0.257 e. The van der Waals surface area contributed by atoms with Gasteiger partial charge in [-0.15, -0.1) is 10.2 Å². The Labute approximate surface area is 172 Å². The monoisotopic (exact) mass is 413 g/mol. The molecule has 3 amide bonds. The van der Waals surface area contributed by atoms with Crippen LogP contribution in [-0.2, 0) is 9.59 Å². The summed E-state index contributed by atoms with van der Waals surface area (Å²) >= 11 is 1.35. The van der Waals surface area contributed by atoms with E-state index in [9.17, 15) is 14.4 Å². The molecule has 8 nitrogen and oxygen atoms in total. The zero-order valence-electron chi connectivity index (χ0n) is 16.6. The van der Waals surface area contributed by atoms with Crippen molar-refractivity contribution in [2.45, 2.75) is 51.6 Å². The van der Waals surface area contributed by atoms with Crippen LogP contribution in [0, 0.1) is 0 Å². The lowest BCUT2D eigenvalue weighted by molar-refractivity contribution is -0.117. The summed E-state index contributed by atoms with van der Waals surface area (Å²) in [5.41, 5.74) is 0.390. The predicted molar refractivity (Wildman–Crippen MR) is 110 cm³/mol. The van der Waals surface area contributed by atoms with Crippen LogP contribution in [0.4, 0.5) is 10.8 Å². The Morgan fingerprint density at radius 2 is 2.03 bits per heavy atom. The van der Waals surface area contributed by atoms with Crippen molar-refractivity contribution < 1.29 is 14.4 Å². The number of nitrogens with zero attached hydrogens (tertiary/aromatic N) is 4. The third kappa shape index (κ3) is 3.29. The van der Waals surface area contributed by atoms with Crippen LogP contribution < -0.4 is 10.2 Å². The van der Waals surface area contributed by atoms with Crippen LogP contribution in [0.15, 0.2) is 24.3 Å².